The molecule has 92 valence electrons. The minimum atomic E-state index is -1.09. The largest absolute Gasteiger partial charge is 0.493 e. The number of nitrogens with two attached hydrogens (primary N) is 1. The van der Waals surface area contributed by atoms with Crippen LogP contribution in [0.3, 0.4) is 0 Å². The van der Waals surface area contributed by atoms with Crippen molar-refractivity contribution >= 4 is 5.97 Å². The number of fused-ring (bicyclic) bond motifs is 1. The fourth-order valence-corrected chi connectivity index (χ4v) is 1.68. The summed E-state index contributed by atoms with van der Waals surface area (Å²) in [5, 5.41) is 8.87. The Labute approximate surface area is 97.9 Å². The fourth-order valence-electron chi connectivity index (χ4n) is 1.68. The predicted octanol–water partition coefficient (Wildman–Crippen LogP) is 0.646. The lowest BCUT2D eigenvalue weighted by atomic mass is 10.0. The van der Waals surface area contributed by atoms with Crippen LogP contribution in [0.2, 0.25) is 0 Å². The Morgan fingerprint density at radius 1 is 1.59 bits per heavy atom. The quantitative estimate of drug-likeness (QED) is 0.804. The van der Waals surface area contributed by atoms with Crippen LogP contribution in [-0.2, 0) is 16.1 Å². The first-order chi connectivity index (χ1) is 8.13. The molecule has 0 fully saturated rings. The summed E-state index contributed by atoms with van der Waals surface area (Å²) in [6.07, 6.45) is 0. The number of hydrogen-bond donors (Lipinski definition) is 2. The van der Waals surface area contributed by atoms with Crippen molar-refractivity contribution in [2.75, 3.05) is 13.9 Å². The Morgan fingerprint density at radius 2 is 2.35 bits per heavy atom. The van der Waals surface area contributed by atoms with Crippen LogP contribution >= 0.6 is 0 Å². The molecule has 0 aliphatic carbocycles. The molecular weight excluding hydrogens is 226 g/mol. The van der Waals surface area contributed by atoms with Gasteiger partial charge >= 0.3 is 5.97 Å². The molecule has 1 aliphatic heterocycles. The Kier molecular flexibility index (Phi) is 3.16. The monoisotopic (exact) mass is 239 g/mol. The molecule has 0 amide bonds. The SMILES string of the molecule is COc1cc(C(N)C(=O)O)cc2c1OCOC2. The molecule has 1 aromatic rings. The zero-order valence-electron chi connectivity index (χ0n) is 9.30. The minimum absolute atomic E-state index is 0.160. The van der Waals surface area contributed by atoms with E-state index in [0.29, 0.717) is 23.7 Å². The van der Waals surface area contributed by atoms with Crippen molar-refractivity contribution in [3.05, 3.63) is 23.3 Å². The lowest BCUT2D eigenvalue weighted by Crippen LogP contribution is -2.21. The molecule has 1 aliphatic rings. The molecule has 6 heteroatoms. The third kappa shape index (κ3) is 2.17. The van der Waals surface area contributed by atoms with Crippen LogP contribution in [0, 0.1) is 0 Å². The van der Waals surface area contributed by atoms with Gasteiger partial charge in [-0.25, -0.2) is 0 Å². The highest BCUT2D eigenvalue weighted by Gasteiger charge is 2.22. The predicted molar refractivity (Wildman–Crippen MR) is 57.8 cm³/mol. The molecule has 2 rings (SSSR count). The highest BCUT2D eigenvalue weighted by atomic mass is 16.7. The average molecular weight is 239 g/mol. The molecule has 3 N–H and O–H groups in total. The van der Waals surface area contributed by atoms with Crippen molar-refractivity contribution in [1.82, 2.24) is 0 Å². The van der Waals surface area contributed by atoms with E-state index in [-0.39, 0.29) is 6.79 Å². The number of benzene rings is 1. The van der Waals surface area contributed by atoms with E-state index in [2.05, 4.69) is 0 Å². The Bertz CT molecular complexity index is 428. The van der Waals surface area contributed by atoms with E-state index < -0.39 is 12.0 Å². The molecule has 0 saturated carbocycles. The van der Waals surface area contributed by atoms with Gasteiger partial charge in [0.1, 0.15) is 6.04 Å². The number of carboxylic acids is 1. The van der Waals surface area contributed by atoms with E-state index in [1.807, 2.05) is 0 Å². The molecule has 1 unspecified atom stereocenters. The van der Waals surface area contributed by atoms with Gasteiger partial charge in [-0.3, -0.25) is 4.79 Å². The molecule has 0 saturated heterocycles. The normalized spacial score (nSPS) is 15.6. The summed E-state index contributed by atoms with van der Waals surface area (Å²) >= 11 is 0. The van der Waals surface area contributed by atoms with Gasteiger partial charge in [0.15, 0.2) is 18.3 Å². The van der Waals surface area contributed by atoms with Gasteiger partial charge in [0, 0.05) is 5.56 Å². The molecule has 0 spiro atoms. The first-order valence-corrected chi connectivity index (χ1v) is 5.03. The van der Waals surface area contributed by atoms with E-state index in [1.165, 1.54) is 7.11 Å². The number of rotatable bonds is 3. The molecule has 1 aromatic carbocycles. The average Bonchev–Trinajstić information content (AvgIpc) is 2.36. The van der Waals surface area contributed by atoms with Crippen LogP contribution in [0.15, 0.2) is 12.1 Å². The van der Waals surface area contributed by atoms with Gasteiger partial charge in [0.05, 0.1) is 13.7 Å². The van der Waals surface area contributed by atoms with Crippen LogP contribution in [0.25, 0.3) is 0 Å². The van der Waals surface area contributed by atoms with Crippen molar-refractivity contribution in [3.63, 3.8) is 0 Å². The van der Waals surface area contributed by atoms with Crippen LogP contribution in [-0.4, -0.2) is 25.0 Å². The van der Waals surface area contributed by atoms with Gasteiger partial charge in [0.2, 0.25) is 0 Å². The van der Waals surface area contributed by atoms with E-state index in [0.717, 1.165) is 5.56 Å². The van der Waals surface area contributed by atoms with Gasteiger partial charge in [-0.2, -0.15) is 0 Å². The maximum absolute atomic E-state index is 10.8. The van der Waals surface area contributed by atoms with Gasteiger partial charge in [-0.15, -0.1) is 0 Å². The number of carbonyl (C=O) groups is 1. The second-order valence-corrected chi connectivity index (χ2v) is 3.64. The highest BCUT2D eigenvalue weighted by Crippen LogP contribution is 2.36. The molecule has 1 atom stereocenters. The topological polar surface area (TPSA) is 91.0 Å². The zero-order valence-corrected chi connectivity index (χ0v) is 9.30. The summed E-state index contributed by atoms with van der Waals surface area (Å²) in [7, 11) is 1.49. The Morgan fingerprint density at radius 3 is 3.00 bits per heavy atom. The lowest BCUT2D eigenvalue weighted by Gasteiger charge is -2.21. The van der Waals surface area contributed by atoms with Crippen LogP contribution in [0.4, 0.5) is 0 Å². The maximum atomic E-state index is 10.8. The van der Waals surface area contributed by atoms with E-state index in [9.17, 15) is 4.79 Å². The van der Waals surface area contributed by atoms with Crippen LogP contribution in [0.1, 0.15) is 17.2 Å². The van der Waals surface area contributed by atoms with Crippen molar-refractivity contribution < 1.29 is 24.1 Å². The number of hydrogen-bond acceptors (Lipinski definition) is 5. The lowest BCUT2D eigenvalue weighted by molar-refractivity contribution is -0.138. The highest BCUT2D eigenvalue weighted by molar-refractivity contribution is 5.76. The number of ether oxygens (including phenoxy) is 3. The molecule has 0 radical (unpaired) electrons. The summed E-state index contributed by atoms with van der Waals surface area (Å²) in [4.78, 5) is 10.8. The number of aliphatic carboxylic acids is 1. The van der Waals surface area contributed by atoms with Gasteiger partial charge < -0.3 is 25.1 Å². The molecule has 1 heterocycles. The van der Waals surface area contributed by atoms with Gasteiger partial charge in [-0.05, 0) is 17.7 Å². The summed E-state index contributed by atoms with van der Waals surface area (Å²) in [5.74, 6) is -0.0396. The van der Waals surface area contributed by atoms with Crippen molar-refractivity contribution in [3.8, 4) is 11.5 Å². The second-order valence-electron chi connectivity index (χ2n) is 3.64. The standard InChI is InChI=1S/C11H13NO5/c1-15-8-3-6(9(12)11(13)14)2-7-4-16-5-17-10(7)8/h2-3,9H,4-5,12H2,1H3,(H,13,14). The smallest absolute Gasteiger partial charge is 0.325 e. The van der Waals surface area contributed by atoms with E-state index >= 15 is 0 Å². The first-order valence-electron chi connectivity index (χ1n) is 5.03. The van der Waals surface area contributed by atoms with Crippen LogP contribution < -0.4 is 15.2 Å². The van der Waals surface area contributed by atoms with Crippen molar-refractivity contribution in [1.29, 1.82) is 0 Å². The minimum Gasteiger partial charge on any atom is -0.493 e. The molecule has 0 aromatic heterocycles. The molecule has 0 bridgehead atoms. The number of methoxy groups -OCH3 is 1. The summed E-state index contributed by atoms with van der Waals surface area (Å²) < 4.78 is 15.6. The zero-order chi connectivity index (χ0) is 12.4. The molecule has 17 heavy (non-hydrogen) atoms. The van der Waals surface area contributed by atoms with E-state index in [1.54, 1.807) is 12.1 Å². The first kappa shape index (κ1) is 11.7. The summed E-state index contributed by atoms with van der Waals surface area (Å²) in [6, 6.07) is 2.15. The van der Waals surface area contributed by atoms with E-state index in [4.69, 9.17) is 25.1 Å². The van der Waals surface area contributed by atoms with Gasteiger partial charge in [0.25, 0.3) is 0 Å². The Balaban J connectivity index is 2.46. The van der Waals surface area contributed by atoms with Crippen molar-refractivity contribution in [2.45, 2.75) is 12.6 Å². The Hall–Kier alpha value is -1.79. The summed E-state index contributed by atoms with van der Waals surface area (Å²) in [6.45, 7) is 0.513. The molecular formula is C11H13NO5. The maximum Gasteiger partial charge on any atom is 0.325 e. The van der Waals surface area contributed by atoms with Crippen molar-refractivity contribution in [2.24, 2.45) is 5.73 Å². The molecule has 6 nitrogen and oxygen atoms in total. The number of carboxylic acid groups (broad SMARTS) is 1. The fraction of sp³-hybridized carbons (Fsp3) is 0.364. The summed E-state index contributed by atoms with van der Waals surface area (Å²) in [5.41, 5.74) is 6.76. The van der Waals surface area contributed by atoms with Crippen LogP contribution in [0.5, 0.6) is 11.5 Å². The third-order valence-corrected chi connectivity index (χ3v) is 2.54. The third-order valence-electron chi connectivity index (χ3n) is 2.54. The second kappa shape index (κ2) is 4.60. The van der Waals surface area contributed by atoms with Gasteiger partial charge in [-0.1, -0.05) is 0 Å².